The summed E-state index contributed by atoms with van der Waals surface area (Å²) in [5, 5.41) is 7.99. The molecule has 1 rings (SSSR count). The van der Waals surface area contributed by atoms with Crippen LogP contribution in [0.25, 0.3) is 0 Å². The molecule has 2 amide bonds. The lowest BCUT2D eigenvalue weighted by molar-refractivity contribution is -0.115. The first-order chi connectivity index (χ1) is 8.08. The predicted molar refractivity (Wildman–Crippen MR) is 74.4 cm³/mol. The maximum absolute atomic E-state index is 11.6. The van der Waals surface area contributed by atoms with E-state index in [4.69, 9.17) is 0 Å². The second kappa shape index (κ2) is 7.68. The minimum Gasteiger partial charge on any atom is -0.355 e. The van der Waals surface area contributed by atoms with Gasteiger partial charge in [-0.1, -0.05) is 11.6 Å². The van der Waals surface area contributed by atoms with Gasteiger partial charge < -0.3 is 16.0 Å². The van der Waals surface area contributed by atoms with Crippen LogP contribution < -0.4 is 16.0 Å². The summed E-state index contributed by atoms with van der Waals surface area (Å²) < 4.78 is 0. The summed E-state index contributed by atoms with van der Waals surface area (Å²) in [4.78, 5) is 23.1. The number of aryl methyl sites for hydroxylation is 1. The van der Waals surface area contributed by atoms with Crippen LogP contribution in [0.5, 0.6) is 0 Å². The average Bonchev–Trinajstić information content (AvgIpc) is 2.30. The zero-order valence-electron chi connectivity index (χ0n) is 10.7. The molecule has 3 N–H and O–H groups in total. The van der Waals surface area contributed by atoms with Crippen molar-refractivity contribution >= 4 is 29.9 Å². The number of nitrogens with one attached hydrogen (secondary N) is 3. The van der Waals surface area contributed by atoms with Gasteiger partial charge in [-0.25, -0.2) is 0 Å². The molecule has 5 nitrogen and oxygen atoms in total. The fraction of sp³-hybridized carbons (Fsp3) is 0.333. The maximum Gasteiger partial charge on any atom is 0.253 e. The first-order valence-electron chi connectivity index (χ1n) is 5.35. The van der Waals surface area contributed by atoms with E-state index >= 15 is 0 Å². The number of rotatable bonds is 4. The largest absolute Gasteiger partial charge is 0.355 e. The van der Waals surface area contributed by atoms with Crippen molar-refractivity contribution in [3.8, 4) is 0 Å². The number of hydrogen-bond acceptors (Lipinski definition) is 3. The van der Waals surface area contributed by atoms with Crippen molar-refractivity contribution < 1.29 is 9.59 Å². The van der Waals surface area contributed by atoms with Crippen LogP contribution in [0, 0.1) is 6.92 Å². The van der Waals surface area contributed by atoms with E-state index in [1.807, 2.05) is 13.0 Å². The van der Waals surface area contributed by atoms with E-state index in [1.165, 1.54) is 0 Å². The summed E-state index contributed by atoms with van der Waals surface area (Å²) in [7, 11) is 3.25. The zero-order valence-corrected chi connectivity index (χ0v) is 11.5. The van der Waals surface area contributed by atoms with Crippen molar-refractivity contribution in [1.82, 2.24) is 10.6 Å². The van der Waals surface area contributed by atoms with Crippen molar-refractivity contribution in [3.63, 3.8) is 0 Å². The quantitative estimate of drug-likeness (QED) is 0.763. The highest BCUT2D eigenvalue weighted by Crippen LogP contribution is 2.17. The number of carbonyl (C=O) groups excluding carboxylic acids is 2. The van der Waals surface area contributed by atoms with Crippen LogP contribution in [0.4, 0.5) is 5.69 Å². The molecule has 1 aromatic carbocycles. The van der Waals surface area contributed by atoms with Gasteiger partial charge in [0.2, 0.25) is 5.91 Å². The standard InChI is InChI=1S/C12H17N3O2.ClH/c1-8-4-5-10(15-11(16)7-13-2)9(6-8)12(17)14-3;/h4-6,13H,7H2,1-3H3,(H,14,17)(H,15,16);1H. The third-order valence-electron chi connectivity index (χ3n) is 2.26. The van der Waals surface area contributed by atoms with Crippen LogP contribution in [0.1, 0.15) is 15.9 Å². The molecule has 0 aliphatic rings. The van der Waals surface area contributed by atoms with Gasteiger partial charge in [0.1, 0.15) is 0 Å². The first kappa shape index (κ1) is 16.4. The molecule has 100 valence electrons. The smallest absolute Gasteiger partial charge is 0.253 e. The molecular weight excluding hydrogens is 254 g/mol. The topological polar surface area (TPSA) is 70.2 Å². The Bertz CT molecular complexity index is 435. The molecule has 6 heteroatoms. The van der Waals surface area contributed by atoms with Gasteiger partial charge in [-0.2, -0.15) is 0 Å². The highest BCUT2D eigenvalue weighted by Gasteiger charge is 2.12. The van der Waals surface area contributed by atoms with E-state index in [0.717, 1.165) is 5.56 Å². The third kappa shape index (κ3) is 4.35. The van der Waals surface area contributed by atoms with Crippen LogP contribution in [-0.4, -0.2) is 32.5 Å². The van der Waals surface area contributed by atoms with Crippen LogP contribution >= 0.6 is 12.4 Å². The summed E-state index contributed by atoms with van der Waals surface area (Å²) in [6.07, 6.45) is 0. The molecule has 0 heterocycles. The molecule has 0 bridgehead atoms. The Morgan fingerprint density at radius 3 is 2.44 bits per heavy atom. The summed E-state index contributed by atoms with van der Waals surface area (Å²) in [5.74, 6) is -0.394. The Morgan fingerprint density at radius 2 is 1.89 bits per heavy atom. The van der Waals surface area contributed by atoms with Gasteiger partial charge in [-0.3, -0.25) is 9.59 Å². The minimum atomic E-state index is -0.214. The highest BCUT2D eigenvalue weighted by molar-refractivity contribution is 6.04. The summed E-state index contributed by atoms with van der Waals surface area (Å²) in [6.45, 7) is 2.10. The molecular formula is C12H18ClN3O2. The Kier molecular flexibility index (Phi) is 7.00. The fourth-order valence-corrected chi connectivity index (χ4v) is 1.44. The maximum atomic E-state index is 11.6. The number of hydrogen-bond donors (Lipinski definition) is 3. The van der Waals surface area contributed by atoms with Gasteiger partial charge in [0.25, 0.3) is 5.91 Å². The van der Waals surface area contributed by atoms with E-state index in [2.05, 4.69) is 16.0 Å². The summed E-state index contributed by atoms with van der Waals surface area (Å²) in [6, 6.07) is 5.32. The van der Waals surface area contributed by atoms with E-state index in [-0.39, 0.29) is 30.8 Å². The second-order valence-electron chi connectivity index (χ2n) is 3.71. The molecule has 0 saturated heterocycles. The zero-order chi connectivity index (χ0) is 12.8. The Hall–Kier alpha value is -1.59. The minimum absolute atomic E-state index is 0. The lowest BCUT2D eigenvalue weighted by Gasteiger charge is -2.10. The van der Waals surface area contributed by atoms with Gasteiger partial charge in [0.15, 0.2) is 0 Å². The molecule has 0 aromatic heterocycles. The van der Waals surface area contributed by atoms with Gasteiger partial charge in [-0.05, 0) is 26.1 Å². The van der Waals surface area contributed by atoms with E-state index in [1.54, 1.807) is 26.2 Å². The Morgan fingerprint density at radius 1 is 1.22 bits per heavy atom. The number of carbonyl (C=O) groups is 2. The SMILES string of the molecule is CNCC(=O)Nc1ccc(C)cc1C(=O)NC.Cl. The summed E-state index contributed by atoms with van der Waals surface area (Å²) >= 11 is 0. The van der Waals surface area contributed by atoms with E-state index in [0.29, 0.717) is 11.3 Å². The van der Waals surface area contributed by atoms with Crippen molar-refractivity contribution in [2.24, 2.45) is 0 Å². The van der Waals surface area contributed by atoms with Gasteiger partial charge in [-0.15, -0.1) is 12.4 Å². The molecule has 0 aliphatic heterocycles. The number of amides is 2. The van der Waals surface area contributed by atoms with Crippen LogP contribution in [0.2, 0.25) is 0 Å². The Balaban J connectivity index is 0.00000289. The number of anilines is 1. The molecule has 1 aromatic rings. The van der Waals surface area contributed by atoms with Gasteiger partial charge in [0, 0.05) is 7.05 Å². The van der Waals surface area contributed by atoms with E-state index in [9.17, 15) is 9.59 Å². The normalized spacial score (nSPS) is 9.28. The van der Waals surface area contributed by atoms with Crippen molar-refractivity contribution in [3.05, 3.63) is 29.3 Å². The van der Waals surface area contributed by atoms with Crippen LogP contribution in [0.15, 0.2) is 18.2 Å². The fourth-order valence-electron chi connectivity index (χ4n) is 1.44. The van der Waals surface area contributed by atoms with Gasteiger partial charge in [0.05, 0.1) is 17.8 Å². The molecule has 0 aliphatic carbocycles. The number of benzene rings is 1. The molecule has 0 saturated carbocycles. The molecule has 0 fully saturated rings. The lowest BCUT2D eigenvalue weighted by atomic mass is 10.1. The van der Waals surface area contributed by atoms with Gasteiger partial charge >= 0.3 is 0 Å². The molecule has 0 atom stereocenters. The van der Waals surface area contributed by atoms with Crippen LogP contribution in [0.3, 0.4) is 0 Å². The highest BCUT2D eigenvalue weighted by atomic mass is 35.5. The molecule has 0 unspecified atom stereocenters. The van der Waals surface area contributed by atoms with Crippen LogP contribution in [-0.2, 0) is 4.79 Å². The molecule has 0 radical (unpaired) electrons. The second-order valence-corrected chi connectivity index (χ2v) is 3.71. The average molecular weight is 272 g/mol. The lowest BCUT2D eigenvalue weighted by Crippen LogP contribution is -2.27. The summed E-state index contributed by atoms with van der Waals surface area (Å²) in [5.41, 5.74) is 1.96. The predicted octanol–water partition coefficient (Wildman–Crippen LogP) is 0.934. The van der Waals surface area contributed by atoms with Crippen molar-refractivity contribution in [1.29, 1.82) is 0 Å². The van der Waals surface area contributed by atoms with Crippen molar-refractivity contribution in [2.75, 3.05) is 26.0 Å². The van der Waals surface area contributed by atoms with E-state index < -0.39 is 0 Å². The molecule has 18 heavy (non-hydrogen) atoms. The van der Waals surface area contributed by atoms with Crippen molar-refractivity contribution in [2.45, 2.75) is 6.92 Å². The number of halogens is 1. The monoisotopic (exact) mass is 271 g/mol. The third-order valence-corrected chi connectivity index (χ3v) is 2.26. The first-order valence-corrected chi connectivity index (χ1v) is 5.35. The molecule has 0 spiro atoms. The Labute approximate surface area is 113 Å². The number of likely N-dealkylation sites (N-methyl/N-ethyl adjacent to an activating group) is 1.